The molecule has 0 bridgehead atoms. The molecule has 2 heteroatoms. The normalized spacial score (nSPS) is 12.8. The van der Waals surface area contributed by atoms with Gasteiger partial charge in [-0.3, -0.25) is 4.39 Å². The third kappa shape index (κ3) is 2.52. The van der Waals surface area contributed by atoms with Crippen molar-refractivity contribution in [1.82, 2.24) is 0 Å². The molecule has 0 aliphatic rings. The van der Waals surface area contributed by atoms with Crippen LogP contribution in [0.25, 0.3) is 0 Å². The predicted molar refractivity (Wildman–Crippen MR) is 53.6 cm³/mol. The van der Waals surface area contributed by atoms with E-state index in [9.17, 15) is 4.39 Å². The van der Waals surface area contributed by atoms with Crippen LogP contribution in [-0.4, -0.2) is 13.2 Å². The highest BCUT2D eigenvalue weighted by molar-refractivity contribution is 5.29. The molecule has 0 aliphatic carbocycles. The molecule has 0 radical (unpaired) electrons. The topological polar surface area (TPSA) is 26.0 Å². The summed E-state index contributed by atoms with van der Waals surface area (Å²) in [6.07, 6.45) is 0.724. The number of alkyl halides is 1. The van der Waals surface area contributed by atoms with Crippen molar-refractivity contribution in [2.45, 2.75) is 19.3 Å². The van der Waals surface area contributed by atoms with E-state index in [0.717, 1.165) is 17.5 Å². The molecule has 0 saturated heterocycles. The van der Waals surface area contributed by atoms with Gasteiger partial charge < -0.3 is 5.73 Å². The molecule has 1 aromatic rings. The van der Waals surface area contributed by atoms with Gasteiger partial charge in [0.1, 0.15) is 0 Å². The SMILES string of the molecule is Cc1ccccc1C(CF)CCN. The summed E-state index contributed by atoms with van der Waals surface area (Å²) in [4.78, 5) is 0. The van der Waals surface area contributed by atoms with Gasteiger partial charge in [-0.2, -0.15) is 0 Å². The maximum atomic E-state index is 12.7. The second-order valence-corrected chi connectivity index (χ2v) is 3.29. The summed E-state index contributed by atoms with van der Waals surface area (Å²) >= 11 is 0. The van der Waals surface area contributed by atoms with Gasteiger partial charge in [0, 0.05) is 5.92 Å². The summed E-state index contributed by atoms with van der Waals surface area (Å²) < 4.78 is 12.7. The fourth-order valence-corrected chi connectivity index (χ4v) is 1.56. The first-order chi connectivity index (χ1) is 6.29. The van der Waals surface area contributed by atoms with Crippen LogP contribution in [0.1, 0.15) is 23.5 Å². The summed E-state index contributed by atoms with van der Waals surface area (Å²) in [5.74, 6) is -0.0220. The molecule has 2 N–H and O–H groups in total. The van der Waals surface area contributed by atoms with Crippen molar-refractivity contribution in [3.8, 4) is 0 Å². The number of hydrogen-bond acceptors (Lipinski definition) is 1. The molecule has 0 amide bonds. The van der Waals surface area contributed by atoms with Crippen molar-refractivity contribution in [2.75, 3.05) is 13.2 Å². The van der Waals surface area contributed by atoms with E-state index in [-0.39, 0.29) is 12.6 Å². The minimum absolute atomic E-state index is 0.0220. The van der Waals surface area contributed by atoms with E-state index in [2.05, 4.69) is 0 Å². The molecule has 72 valence electrons. The molecule has 0 saturated carbocycles. The van der Waals surface area contributed by atoms with Gasteiger partial charge in [-0.05, 0) is 31.0 Å². The molecular formula is C11H16FN. The van der Waals surface area contributed by atoms with Crippen LogP contribution < -0.4 is 5.73 Å². The van der Waals surface area contributed by atoms with Crippen LogP contribution in [0.4, 0.5) is 4.39 Å². The minimum atomic E-state index is -0.317. The standard InChI is InChI=1S/C11H16FN/c1-9-4-2-3-5-11(9)10(8-12)6-7-13/h2-5,10H,6-8,13H2,1H3. The fraction of sp³-hybridized carbons (Fsp3) is 0.455. The average Bonchev–Trinajstić information content (AvgIpc) is 2.16. The van der Waals surface area contributed by atoms with E-state index in [1.165, 1.54) is 0 Å². The number of hydrogen-bond donors (Lipinski definition) is 1. The molecule has 0 aliphatic heterocycles. The van der Waals surface area contributed by atoms with E-state index < -0.39 is 0 Å². The largest absolute Gasteiger partial charge is 0.330 e. The Hall–Kier alpha value is -0.890. The molecule has 1 rings (SSSR count). The van der Waals surface area contributed by atoms with Crippen LogP contribution in [-0.2, 0) is 0 Å². The lowest BCUT2D eigenvalue weighted by Crippen LogP contribution is -2.10. The Bertz CT molecular complexity index is 260. The Balaban J connectivity index is 2.84. The van der Waals surface area contributed by atoms with Crippen LogP contribution in [0.15, 0.2) is 24.3 Å². The summed E-state index contributed by atoms with van der Waals surface area (Å²) in [7, 11) is 0. The van der Waals surface area contributed by atoms with Crippen LogP contribution in [0.2, 0.25) is 0 Å². The second-order valence-electron chi connectivity index (χ2n) is 3.29. The quantitative estimate of drug-likeness (QED) is 0.758. The van der Waals surface area contributed by atoms with Crippen molar-refractivity contribution in [3.63, 3.8) is 0 Å². The molecule has 1 nitrogen and oxygen atoms in total. The van der Waals surface area contributed by atoms with E-state index in [1.54, 1.807) is 0 Å². The lowest BCUT2D eigenvalue weighted by Gasteiger charge is -2.14. The first kappa shape index (κ1) is 10.2. The maximum absolute atomic E-state index is 12.7. The molecule has 1 aromatic carbocycles. The lowest BCUT2D eigenvalue weighted by atomic mass is 9.93. The number of rotatable bonds is 4. The van der Waals surface area contributed by atoms with Gasteiger partial charge in [-0.25, -0.2) is 0 Å². The summed E-state index contributed by atoms with van der Waals surface area (Å²) in [5.41, 5.74) is 7.67. The van der Waals surface area contributed by atoms with Crippen LogP contribution >= 0.6 is 0 Å². The number of benzene rings is 1. The summed E-state index contributed by atoms with van der Waals surface area (Å²) in [6, 6.07) is 7.90. The van der Waals surface area contributed by atoms with Gasteiger partial charge in [0.15, 0.2) is 0 Å². The van der Waals surface area contributed by atoms with E-state index >= 15 is 0 Å². The number of nitrogens with two attached hydrogens (primary N) is 1. The lowest BCUT2D eigenvalue weighted by molar-refractivity contribution is 0.417. The number of aryl methyl sites for hydroxylation is 1. The molecular weight excluding hydrogens is 165 g/mol. The third-order valence-electron chi connectivity index (χ3n) is 2.33. The number of halogens is 1. The molecule has 0 fully saturated rings. The molecule has 0 aromatic heterocycles. The highest BCUT2D eigenvalue weighted by Crippen LogP contribution is 2.22. The second kappa shape index (κ2) is 4.97. The Morgan fingerprint density at radius 2 is 2.08 bits per heavy atom. The van der Waals surface area contributed by atoms with Crippen molar-refractivity contribution in [3.05, 3.63) is 35.4 Å². The molecule has 0 spiro atoms. The molecule has 1 atom stereocenters. The monoisotopic (exact) mass is 181 g/mol. The zero-order valence-electron chi connectivity index (χ0n) is 7.96. The van der Waals surface area contributed by atoms with E-state index in [4.69, 9.17) is 5.73 Å². The third-order valence-corrected chi connectivity index (χ3v) is 2.33. The van der Waals surface area contributed by atoms with Gasteiger partial charge in [0.05, 0.1) is 6.67 Å². The maximum Gasteiger partial charge on any atom is 0.0963 e. The Morgan fingerprint density at radius 1 is 1.38 bits per heavy atom. The van der Waals surface area contributed by atoms with Gasteiger partial charge in [0.25, 0.3) is 0 Å². The first-order valence-electron chi connectivity index (χ1n) is 4.61. The van der Waals surface area contributed by atoms with E-state index in [0.29, 0.717) is 6.54 Å². The Morgan fingerprint density at radius 3 is 2.62 bits per heavy atom. The minimum Gasteiger partial charge on any atom is -0.330 e. The fourth-order valence-electron chi connectivity index (χ4n) is 1.56. The zero-order valence-corrected chi connectivity index (χ0v) is 7.96. The molecule has 1 unspecified atom stereocenters. The summed E-state index contributed by atoms with van der Waals surface area (Å²) in [5, 5.41) is 0. The predicted octanol–water partition coefficient (Wildman–Crippen LogP) is 2.40. The Labute approximate surface area is 78.8 Å². The highest BCUT2D eigenvalue weighted by atomic mass is 19.1. The van der Waals surface area contributed by atoms with E-state index in [1.807, 2.05) is 31.2 Å². The van der Waals surface area contributed by atoms with Crippen LogP contribution in [0.5, 0.6) is 0 Å². The smallest absolute Gasteiger partial charge is 0.0963 e. The first-order valence-corrected chi connectivity index (χ1v) is 4.61. The Kier molecular flexibility index (Phi) is 3.90. The van der Waals surface area contributed by atoms with Crippen molar-refractivity contribution < 1.29 is 4.39 Å². The van der Waals surface area contributed by atoms with Crippen molar-refractivity contribution >= 4 is 0 Å². The van der Waals surface area contributed by atoms with Crippen LogP contribution in [0, 0.1) is 6.92 Å². The van der Waals surface area contributed by atoms with Gasteiger partial charge >= 0.3 is 0 Å². The van der Waals surface area contributed by atoms with Crippen LogP contribution in [0.3, 0.4) is 0 Å². The molecule has 0 heterocycles. The van der Waals surface area contributed by atoms with Crippen molar-refractivity contribution in [1.29, 1.82) is 0 Å². The van der Waals surface area contributed by atoms with Gasteiger partial charge in [0.2, 0.25) is 0 Å². The van der Waals surface area contributed by atoms with Gasteiger partial charge in [-0.1, -0.05) is 24.3 Å². The highest BCUT2D eigenvalue weighted by Gasteiger charge is 2.11. The summed E-state index contributed by atoms with van der Waals surface area (Å²) in [6.45, 7) is 2.24. The van der Waals surface area contributed by atoms with Crippen molar-refractivity contribution in [2.24, 2.45) is 5.73 Å². The molecule has 13 heavy (non-hydrogen) atoms. The van der Waals surface area contributed by atoms with Gasteiger partial charge in [-0.15, -0.1) is 0 Å². The average molecular weight is 181 g/mol. The zero-order chi connectivity index (χ0) is 9.68.